The summed E-state index contributed by atoms with van der Waals surface area (Å²) >= 11 is 1.67. The number of carbonyl (C=O) groups excluding carboxylic acids is 1. The van der Waals surface area contributed by atoms with Gasteiger partial charge in [0.25, 0.3) is 0 Å². The highest BCUT2D eigenvalue weighted by atomic mass is 32.1. The average molecular weight is 394 g/mol. The molecule has 0 saturated carbocycles. The Bertz CT molecular complexity index is 778. The molecule has 27 heavy (non-hydrogen) atoms. The zero-order valence-electron chi connectivity index (χ0n) is 15.6. The van der Waals surface area contributed by atoms with Crippen molar-refractivity contribution in [2.24, 2.45) is 4.99 Å². The second-order valence-electron chi connectivity index (χ2n) is 6.25. The summed E-state index contributed by atoms with van der Waals surface area (Å²) in [6.45, 7) is 2.44. The number of guanidine groups is 1. The monoisotopic (exact) mass is 394 g/mol. The molecule has 0 aliphatic rings. The molecule has 1 aromatic carbocycles. The number of hydrogen-bond donors (Lipinski definition) is 2. The van der Waals surface area contributed by atoms with Crippen molar-refractivity contribution in [3.05, 3.63) is 57.8 Å². The molecule has 0 aliphatic carbocycles. The number of aliphatic imine (C=N–C) groups is 1. The van der Waals surface area contributed by atoms with Crippen molar-refractivity contribution < 1.29 is 13.6 Å². The summed E-state index contributed by atoms with van der Waals surface area (Å²) in [5.41, 5.74) is 0.584. The molecule has 2 aromatic rings. The molecule has 2 N–H and O–H groups in total. The van der Waals surface area contributed by atoms with E-state index in [-0.39, 0.29) is 18.5 Å². The number of thiophene rings is 1. The Morgan fingerprint density at radius 2 is 2.04 bits per heavy atom. The number of benzene rings is 1. The summed E-state index contributed by atoms with van der Waals surface area (Å²) in [6.07, 6.45) is 0.819. The standard InChI is InChI=1S/C19H24F2N4OS/c1-13(14-6-7-16(20)17(21)11-14)24-19(23-12-18(26)25(2)3)22-9-8-15-5-4-10-27-15/h4-7,10-11,13H,8-9,12H2,1-3H3,(H2,22,23,24). The third-order valence-electron chi connectivity index (χ3n) is 3.91. The Hall–Kier alpha value is -2.48. The SMILES string of the molecule is CC(NC(=NCC(=O)N(C)C)NCCc1cccs1)c1ccc(F)c(F)c1. The minimum Gasteiger partial charge on any atom is -0.356 e. The number of nitrogens with one attached hydrogen (secondary N) is 2. The molecule has 0 spiro atoms. The maximum Gasteiger partial charge on any atom is 0.243 e. The minimum atomic E-state index is -0.895. The summed E-state index contributed by atoms with van der Waals surface area (Å²) in [7, 11) is 3.33. The average Bonchev–Trinajstić information content (AvgIpc) is 3.14. The smallest absolute Gasteiger partial charge is 0.243 e. The first kappa shape index (κ1) is 20.8. The first-order chi connectivity index (χ1) is 12.9. The third kappa shape index (κ3) is 6.63. The number of amides is 1. The zero-order valence-corrected chi connectivity index (χ0v) is 16.4. The molecule has 0 saturated heterocycles. The van der Waals surface area contributed by atoms with Crippen LogP contribution in [0.1, 0.15) is 23.4 Å². The second-order valence-corrected chi connectivity index (χ2v) is 7.28. The summed E-state index contributed by atoms with van der Waals surface area (Å²) in [6, 6.07) is 7.50. The minimum absolute atomic E-state index is 0.00810. The van der Waals surface area contributed by atoms with Gasteiger partial charge in [0.1, 0.15) is 6.54 Å². The van der Waals surface area contributed by atoms with E-state index in [1.165, 1.54) is 15.8 Å². The number of nitrogens with zero attached hydrogens (tertiary/aromatic N) is 2. The molecule has 146 valence electrons. The molecule has 5 nitrogen and oxygen atoms in total. The van der Waals surface area contributed by atoms with E-state index in [1.54, 1.807) is 25.4 Å². The molecular weight excluding hydrogens is 370 g/mol. The molecule has 1 heterocycles. The number of rotatable bonds is 7. The Labute approximate surface area is 162 Å². The van der Waals surface area contributed by atoms with Crippen LogP contribution in [0.4, 0.5) is 8.78 Å². The van der Waals surface area contributed by atoms with Crippen molar-refractivity contribution in [1.82, 2.24) is 15.5 Å². The van der Waals surface area contributed by atoms with Gasteiger partial charge in [-0.2, -0.15) is 0 Å². The Morgan fingerprint density at radius 3 is 2.67 bits per heavy atom. The lowest BCUT2D eigenvalue weighted by atomic mass is 10.1. The Morgan fingerprint density at radius 1 is 1.26 bits per heavy atom. The number of carbonyl (C=O) groups is 1. The van der Waals surface area contributed by atoms with Crippen LogP contribution < -0.4 is 10.6 Å². The van der Waals surface area contributed by atoms with Crippen LogP contribution in [-0.4, -0.2) is 44.0 Å². The summed E-state index contributed by atoms with van der Waals surface area (Å²) in [5.74, 6) is -1.47. The van der Waals surface area contributed by atoms with Gasteiger partial charge in [0.05, 0.1) is 6.04 Å². The number of hydrogen-bond acceptors (Lipinski definition) is 3. The lowest BCUT2D eigenvalue weighted by Gasteiger charge is -2.19. The molecule has 1 amide bonds. The van der Waals surface area contributed by atoms with Crippen LogP contribution in [0.3, 0.4) is 0 Å². The van der Waals surface area contributed by atoms with Gasteiger partial charge >= 0.3 is 0 Å². The number of halogens is 2. The van der Waals surface area contributed by atoms with Gasteiger partial charge < -0.3 is 15.5 Å². The predicted molar refractivity (Wildman–Crippen MR) is 105 cm³/mol. The van der Waals surface area contributed by atoms with Gasteiger partial charge in [-0.25, -0.2) is 13.8 Å². The fourth-order valence-corrected chi connectivity index (χ4v) is 2.98. The summed E-state index contributed by atoms with van der Waals surface area (Å²) in [4.78, 5) is 18.8. The molecule has 0 fully saturated rings. The normalized spacial score (nSPS) is 12.6. The Balaban J connectivity index is 2.03. The van der Waals surface area contributed by atoms with Gasteiger partial charge in [0, 0.05) is 25.5 Å². The van der Waals surface area contributed by atoms with Crippen molar-refractivity contribution in [2.75, 3.05) is 27.2 Å². The van der Waals surface area contributed by atoms with Crippen molar-refractivity contribution in [1.29, 1.82) is 0 Å². The van der Waals surface area contributed by atoms with Gasteiger partial charge in [0.2, 0.25) is 5.91 Å². The van der Waals surface area contributed by atoms with Crippen LogP contribution in [0, 0.1) is 11.6 Å². The molecule has 0 radical (unpaired) electrons. The van der Waals surface area contributed by atoms with E-state index in [9.17, 15) is 13.6 Å². The molecular formula is C19H24F2N4OS. The van der Waals surface area contributed by atoms with E-state index in [0.29, 0.717) is 18.1 Å². The van der Waals surface area contributed by atoms with Crippen LogP contribution in [0.25, 0.3) is 0 Å². The van der Waals surface area contributed by atoms with E-state index in [4.69, 9.17) is 0 Å². The maximum absolute atomic E-state index is 13.5. The number of likely N-dealkylation sites (N-methyl/N-ethyl adjacent to an activating group) is 1. The van der Waals surface area contributed by atoms with Crippen molar-refractivity contribution in [3.8, 4) is 0 Å². The highest BCUT2D eigenvalue weighted by molar-refractivity contribution is 7.09. The van der Waals surface area contributed by atoms with Crippen LogP contribution in [0.5, 0.6) is 0 Å². The molecule has 1 unspecified atom stereocenters. The van der Waals surface area contributed by atoms with Gasteiger partial charge in [0.15, 0.2) is 17.6 Å². The third-order valence-corrected chi connectivity index (χ3v) is 4.85. The maximum atomic E-state index is 13.5. The van der Waals surface area contributed by atoms with Gasteiger partial charge in [-0.3, -0.25) is 4.79 Å². The lowest BCUT2D eigenvalue weighted by molar-refractivity contribution is -0.127. The van der Waals surface area contributed by atoms with E-state index >= 15 is 0 Å². The van der Waals surface area contributed by atoms with Crippen LogP contribution in [0.2, 0.25) is 0 Å². The molecule has 0 bridgehead atoms. The van der Waals surface area contributed by atoms with Crippen LogP contribution in [0.15, 0.2) is 40.7 Å². The molecule has 8 heteroatoms. The molecule has 2 rings (SSSR count). The van der Waals surface area contributed by atoms with E-state index in [0.717, 1.165) is 18.6 Å². The quantitative estimate of drug-likeness (QED) is 0.561. The highest BCUT2D eigenvalue weighted by Crippen LogP contribution is 2.16. The molecule has 1 atom stereocenters. The van der Waals surface area contributed by atoms with Gasteiger partial charge in [-0.15, -0.1) is 11.3 Å². The largest absolute Gasteiger partial charge is 0.356 e. The van der Waals surface area contributed by atoms with Crippen molar-refractivity contribution >= 4 is 23.2 Å². The van der Waals surface area contributed by atoms with Crippen molar-refractivity contribution in [2.45, 2.75) is 19.4 Å². The second kappa shape index (κ2) is 10.0. The summed E-state index contributed by atoms with van der Waals surface area (Å²) in [5, 5.41) is 8.34. The van der Waals surface area contributed by atoms with Crippen LogP contribution >= 0.6 is 11.3 Å². The highest BCUT2D eigenvalue weighted by Gasteiger charge is 2.12. The molecule has 1 aromatic heterocycles. The van der Waals surface area contributed by atoms with Gasteiger partial charge in [-0.1, -0.05) is 12.1 Å². The Kier molecular flexibility index (Phi) is 7.72. The van der Waals surface area contributed by atoms with Crippen molar-refractivity contribution in [3.63, 3.8) is 0 Å². The zero-order chi connectivity index (χ0) is 19.8. The van der Waals surface area contributed by atoms with Crippen LogP contribution in [-0.2, 0) is 11.2 Å². The topological polar surface area (TPSA) is 56.7 Å². The van der Waals surface area contributed by atoms with Gasteiger partial charge in [-0.05, 0) is 42.5 Å². The fraction of sp³-hybridized carbons (Fsp3) is 0.368. The van der Waals surface area contributed by atoms with E-state index in [1.807, 2.05) is 18.4 Å². The van der Waals surface area contributed by atoms with E-state index < -0.39 is 11.6 Å². The lowest BCUT2D eigenvalue weighted by Crippen LogP contribution is -2.40. The predicted octanol–water partition coefficient (Wildman–Crippen LogP) is 2.95. The summed E-state index contributed by atoms with van der Waals surface area (Å²) < 4.78 is 26.6. The molecule has 0 aliphatic heterocycles. The first-order valence-corrected chi connectivity index (χ1v) is 9.47. The first-order valence-electron chi connectivity index (χ1n) is 8.59. The van der Waals surface area contributed by atoms with E-state index in [2.05, 4.69) is 21.7 Å². The fourth-order valence-electron chi connectivity index (χ4n) is 2.27.